The van der Waals surface area contributed by atoms with Crippen molar-refractivity contribution in [3.63, 3.8) is 0 Å². The summed E-state index contributed by atoms with van der Waals surface area (Å²) in [4.78, 5) is 0. The van der Waals surface area contributed by atoms with E-state index in [4.69, 9.17) is 5.73 Å². The number of fused-ring (bicyclic) bond motifs is 1. The number of benzene rings is 1. The number of nitrogens with two attached hydrogens (primary N) is 1. The molecular weight excluding hydrogens is 196 g/mol. The number of aryl methyl sites for hydroxylation is 2. The highest BCUT2D eigenvalue weighted by Gasteiger charge is 2.00. The fourth-order valence-corrected chi connectivity index (χ4v) is 2.09. The second kappa shape index (κ2) is 5.17. The van der Waals surface area contributed by atoms with Gasteiger partial charge in [-0.3, -0.25) is 0 Å². The number of hydrogen-bond donors (Lipinski definition) is 1. The van der Waals surface area contributed by atoms with Gasteiger partial charge in [0.1, 0.15) is 0 Å². The van der Waals surface area contributed by atoms with Crippen molar-refractivity contribution < 1.29 is 0 Å². The molecule has 0 saturated heterocycles. The first-order valence-corrected chi connectivity index (χ1v) is 6.07. The van der Waals surface area contributed by atoms with Crippen molar-refractivity contribution in [1.82, 2.24) is 4.57 Å². The molecule has 2 nitrogen and oxygen atoms in total. The van der Waals surface area contributed by atoms with Gasteiger partial charge in [-0.1, -0.05) is 18.6 Å². The molecule has 0 atom stereocenters. The fraction of sp³-hybridized carbons (Fsp3) is 0.429. The summed E-state index contributed by atoms with van der Waals surface area (Å²) in [6.45, 7) is 4.06. The largest absolute Gasteiger partial charge is 0.347 e. The van der Waals surface area contributed by atoms with Crippen LogP contribution >= 0.6 is 0 Å². The van der Waals surface area contributed by atoms with Crippen molar-refractivity contribution in [3.8, 4) is 0 Å². The molecule has 0 fully saturated rings. The number of nitrogens with zero attached hydrogens (tertiary/aromatic N) is 1. The Labute approximate surface area is 97.1 Å². The lowest BCUT2D eigenvalue weighted by atomic mass is 10.2. The predicted octanol–water partition coefficient (Wildman–Crippen LogP) is 3.08. The van der Waals surface area contributed by atoms with Crippen molar-refractivity contribution in [2.45, 2.75) is 32.7 Å². The smallest absolute Gasteiger partial charge is 0.0482 e. The van der Waals surface area contributed by atoms with Crippen LogP contribution in [0.2, 0.25) is 0 Å². The zero-order chi connectivity index (χ0) is 11.4. The highest BCUT2D eigenvalue weighted by molar-refractivity contribution is 5.80. The summed E-state index contributed by atoms with van der Waals surface area (Å²) in [7, 11) is 0. The van der Waals surface area contributed by atoms with Crippen LogP contribution in [0.3, 0.4) is 0 Å². The first-order chi connectivity index (χ1) is 7.81. The van der Waals surface area contributed by atoms with Crippen molar-refractivity contribution in [3.05, 3.63) is 36.0 Å². The molecule has 0 unspecified atom stereocenters. The maximum absolute atomic E-state index is 5.49. The zero-order valence-electron chi connectivity index (χ0n) is 9.95. The minimum Gasteiger partial charge on any atom is -0.347 e. The van der Waals surface area contributed by atoms with Gasteiger partial charge in [0.2, 0.25) is 0 Å². The first kappa shape index (κ1) is 11.2. The Morgan fingerprint density at radius 3 is 2.81 bits per heavy atom. The average molecular weight is 216 g/mol. The lowest BCUT2D eigenvalue weighted by molar-refractivity contribution is 0.603. The lowest BCUT2D eigenvalue weighted by Crippen LogP contribution is -2.00. The van der Waals surface area contributed by atoms with Crippen LogP contribution in [0.5, 0.6) is 0 Å². The molecular formula is C14H20N2. The summed E-state index contributed by atoms with van der Waals surface area (Å²) >= 11 is 0. The number of hydrogen-bond acceptors (Lipinski definition) is 1. The average Bonchev–Trinajstić information content (AvgIpc) is 2.67. The van der Waals surface area contributed by atoms with Gasteiger partial charge in [-0.15, -0.1) is 0 Å². The summed E-state index contributed by atoms with van der Waals surface area (Å²) in [6, 6.07) is 8.82. The van der Waals surface area contributed by atoms with Crippen LogP contribution in [-0.2, 0) is 6.54 Å². The second-order valence-electron chi connectivity index (χ2n) is 4.42. The van der Waals surface area contributed by atoms with Gasteiger partial charge in [0.05, 0.1) is 0 Å². The number of aromatic nitrogens is 1. The second-order valence-corrected chi connectivity index (χ2v) is 4.42. The Balaban J connectivity index is 2.09. The summed E-state index contributed by atoms with van der Waals surface area (Å²) in [5.41, 5.74) is 8.17. The van der Waals surface area contributed by atoms with Crippen LogP contribution in [0.15, 0.2) is 30.5 Å². The molecule has 0 radical (unpaired) electrons. The summed E-state index contributed by atoms with van der Waals surface area (Å²) in [5.74, 6) is 0. The molecule has 2 N–H and O–H groups in total. The highest BCUT2D eigenvalue weighted by Crippen LogP contribution is 2.18. The Bertz CT molecular complexity index is 457. The molecule has 0 aliphatic carbocycles. The third kappa shape index (κ3) is 2.45. The molecule has 2 heteroatoms. The van der Waals surface area contributed by atoms with Gasteiger partial charge in [-0.25, -0.2) is 0 Å². The quantitative estimate of drug-likeness (QED) is 0.765. The molecule has 86 valence electrons. The van der Waals surface area contributed by atoms with Crippen LogP contribution < -0.4 is 5.73 Å². The Morgan fingerprint density at radius 2 is 2.00 bits per heavy atom. The third-order valence-corrected chi connectivity index (χ3v) is 3.03. The van der Waals surface area contributed by atoms with Crippen molar-refractivity contribution in [2.24, 2.45) is 5.73 Å². The van der Waals surface area contributed by atoms with Crippen LogP contribution in [0.1, 0.15) is 24.8 Å². The van der Waals surface area contributed by atoms with E-state index >= 15 is 0 Å². The monoisotopic (exact) mass is 216 g/mol. The van der Waals surface area contributed by atoms with E-state index in [2.05, 4.69) is 42.0 Å². The SMILES string of the molecule is Cc1ccc2ccn(CCCCCN)c2c1. The van der Waals surface area contributed by atoms with Crippen molar-refractivity contribution in [1.29, 1.82) is 0 Å². The Morgan fingerprint density at radius 1 is 1.12 bits per heavy atom. The van der Waals surface area contributed by atoms with Gasteiger partial charge in [0.15, 0.2) is 0 Å². The minimum atomic E-state index is 0.811. The van der Waals surface area contributed by atoms with Crippen LogP contribution in [-0.4, -0.2) is 11.1 Å². The van der Waals surface area contributed by atoms with Gasteiger partial charge in [-0.2, -0.15) is 0 Å². The maximum Gasteiger partial charge on any atom is 0.0482 e. The van der Waals surface area contributed by atoms with Crippen LogP contribution in [0.4, 0.5) is 0 Å². The van der Waals surface area contributed by atoms with E-state index in [1.165, 1.54) is 29.3 Å². The predicted molar refractivity (Wildman–Crippen MR) is 69.6 cm³/mol. The van der Waals surface area contributed by atoms with Gasteiger partial charge in [0, 0.05) is 18.3 Å². The standard InChI is InChI=1S/C14H20N2/c1-12-5-6-13-7-10-16(14(13)11-12)9-4-2-3-8-15/h5-7,10-11H,2-4,8-9,15H2,1H3. The minimum absolute atomic E-state index is 0.811. The summed E-state index contributed by atoms with van der Waals surface area (Å²) in [6.07, 6.45) is 5.77. The Hall–Kier alpha value is -1.28. The first-order valence-electron chi connectivity index (χ1n) is 6.07. The van der Waals surface area contributed by atoms with Crippen molar-refractivity contribution in [2.75, 3.05) is 6.54 Å². The fourth-order valence-electron chi connectivity index (χ4n) is 2.09. The Kier molecular flexibility index (Phi) is 3.62. The molecule has 0 aliphatic heterocycles. The normalized spacial score (nSPS) is 11.1. The van der Waals surface area contributed by atoms with Gasteiger partial charge < -0.3 is 10.3 Å². The van der Waals surface area contributed by atoms with E-state index in [0.717, 1.165) is 19.5 Å². The topological polar surface area (TPSA) is 30.9 Å². The molecule has 1 heterocycles. The molecule has 0 spiro atoms. The summed E-state index contributed by atoms with van der Waals surface area (Å²) in [5, 5.41) is 1.34. The van der Waals surface area contributed by atoms with Crippen LogP contribution in [0.25, 0.3) is 10.9 Å². The molecule has 1 aromatic heterocycles. The molecule has 0 bridgehead atoms. The lowest BCUT2D eigenvalue weighted by Gasteiger charge is -2.05. The van der Waals surface area contributed by atoms with Gasteiger partial charge in [-0.05, 0) is 49.4 Å². The summed E-state index contributed by atoms with van der Waals surface area (Å²) < 4.78 is 2.35. The van der Waals surface area contributed by atoms with Gasteiger partial charge >= 0.3 is 0 Å². The van der Waals surface area contributed by atoms with Crippen molar-refractivity contribution >= 4 is 10.9 Å². The van der Waals surface area contributed by atoms with E-state index in [1.807, 2.05) is 0 Å². The highest BCUT2D eigenvalue weighted by atomic mass is 14.9. The molecule has 1 aromatic carbocycles. The van der Waals surface area contributed by atoms with E-state index in [-0.39, 0.29) is 0 Å². The van der Waals surface area contributed by atoms with E-state index in [1.54, 1.807) is 0 Å². The third-order valence-electron chi connectivity index (χ3n) is 3.03. The maximum atomic E-state index is 5.49. The van der Waals surface area contributed by atoms with E-state index in [9.17, 15) is 0 Å². The van der Waals surface area contributed by atoms with E-state index in [0.29, 0.717) is 0 Å². The number of unbranched alkanes of at least 4 members (excludes halogenated alkanes) is 2. The molecule has 2 aromatic rings. The molecule has 0 saturated carbocycles. The van der Waals surface area contributed by atoms with Crippen LogP contribution in [0, 0.1) is 6.92 Å². The van der Waals surface area contributed by atoms with Gasteiger partial charge in [0.25, 0.3) is 0 Å². The molecule has 16 heavy (non-hydrogen) atoms. The van der Waals surface area contributed by atoms with E-state index < -0.39 is 0 Å². The zero-order valence-corrected chi connectivity index (χ0v) is 9.95. The molecule has 0 aliphatic rings. The molecule has 2 rings (SSSR count). The number of rotatable bonds is 5. The molecule has 0 amide bonds.